The lowest BCUT2D eigenvalue weighted by Crippen LogP contribution is -2.26. The van der Waals surface area contributed by atoms with E-state index in [4.69, 9.17) is 11.6 Å². The molecule has 16 heavy (non-hydrogen) atoms. The first kappa shape index (κ1) is 11.8. The van der Waals surface area contributed by atoms with Gasteiger partial charge in [0.15, 0.2) is 5.82 Å². The monoisotopic (exact) mass is 349 g/mol. The van der Waals surface area contributed by atoms with Crippen molar-refractivity contribution < 1.29 is 4.79 Å². The van der Waals surface area contributed by atoms with Crippen molar-refractivity contribution in [3.8, 4) is 0 Å². The Labute approximate surface area is 112 Å². The lowest BCUT2D eigenvalue weighted by atomic mass is 10.1. The zero-order valence-electron chi connectivity index (χ0n) is 8.36. The lowest BCUT2D eigenvalue weighted by molar-refractivity contribution is -0.117. The number of hydrogen-bond donors (Lipinski definition) is 0. The number of carbonyl (C=O) groups is 1. The molecule has 0 spiro atoms. The molecule has 1 aromatic rings. The maximum Gasteiger partial charge on any atom is 0.228 e. The normalized spacial score (nSPS) is 20.2. The standard InChI is InChI=1S/C10H9ClIN3O/c1-2-6-3-8(16)15(5-6)9-7(12)4-13-10(11)14-9/h2,4,6H,1,3,5H2. The molecule has 1 aliphatic heterocycles. The van der Waals surface area contributed by atoms with Crippen molar-refractivity contribution in [3.05, 3.63) is 27.7 Å². The van der Waals surface area contributed by atoms with E-state index in [2.05, 4.69) is 39.1 Å². The van der Waals surface area contributed by atoms with Gasteiger partial charge in [-0.15, -0.1) is 6.58 Å². The third kappa shape index (κ3) is 2.20. The second-order valence-corrected chi connectivity index (χ2v) is 5.02. The highest BCUT2D eigenvalue weighted by Gasteiger charge is 2.30. The first-order valence-corrected chi connectivity index (χ1v) is 6.18. The second-order valence-electron chi connectivity index (χ2n) is 3.51. The summed E-state index contributed by atoms with van der Waals surface area (Å²) in [5.74, 6) is 0.838. The average molecular weight is 350 g/mol. The van der Waals surface area contributed by atoms with E-state index in [-0.39, 0.29) is 17.1 Å². The van der Waals surface area contributed by atoms with E-state index >= 15 is 0 Å². The van der Waals surface area contributed by atoms with E-state index < -0.39 is 0 Å². The van der Waals surface area contributed by atoms with E-state index in [1.165, 1.54) is 0 Å². The first-order valence-electron chi connectivity index (χ1n) is 4.72. The van der Waals surface area contributed by atoms with Crippen molar-refractivity contribution in [2.24, 2.45) is 5.92 Å². The number of nitrogens with zero attached hydrogens (tertiary/aromatic N) is 3. The van der Waals surface area contributed by atoms with Crippen LogP contribution in [0.5, 0.6) is 0 Å². The summed E-state index contributed by atoms with van der Waals surface area (Å²) in [6, 6.07) is 0. The van der Waals surface area contributed by atoms with Crippen molar-refractivity contribution in [3.63, 3.8) is 0 Å². The van der Waals surface area contributed by atoms with Crippen molar-refractivity contribution in [1.82, 2.24) is 9.97 Å². The summed E-state index contributed by atoms with van der Waals surface area (Å²) in [6.45, 7) is 4.32. The Kier molecular flexibility index (Phi) is 3.44. The largest absolute Gasteiger partial charge is 0.295 e. The third-order valence-corrected chi connectivity index (χ3v) is 3.38. The molecule has 0 bridgehead atoms. The Morgan fingerprint density at radius 1 is 1.69 bits per heavy atom. The number of halogens is 2. The van der Waals surface area contributed by atoms with Crippen LogP contribution in [0.25, 0.3) is 0 Å². The van der Waals surface area contributed by atoms with Gasteiger partial charge in [-0.05, 0) is 34.2 Å². The van der Waals surface area contributed by atoms with Crippen molar-refractivity contribution in [2.45, 2.75) is 6.42 Å². The molecule has 1 atom stereocenters. The number of anilines is 1. The van der Waals surface area contributed by atoms with E-state index in [1.54, 1.807) is 17.2 Å². The van der Waals surface area contributed by atoms with Crippen LogP contribution in [-0.2, 0) is 4.79 Å². The summed E-state index contributed by atoms with van der Waals surface area (Å²) in [5, 5.41) is 0.158. The van der Waals surface area contributed by atoms with Crippen LogP contribution < -0.4 is 4.90 Å². The van der Waals surface area contributed by atoms with Crippen LogP contribution in [0.2, 0.25) is 5.28 Å². The molecule has 0 radical (unpaired) electrons. The summed E-state index contributed by atoms with van der Waals surface area (Å²) < 4.78 is 0.820. The van der Waals surface area contributed by atoms with Gasteiger partial charge in [-0.1, -0.05) is 6.08 Å². The molecule has 84 valence electrons. The van der Waals surface area contributed by atoms with E-state index in [1.807, 2.05) is 0 Å². The van der Waals surface area contributed by atoms with Gasteiger partial charge in [-0.2, -0.15) is 4.98 Å². The van der Waals surface area contributed by atoms with Crippen LogP contribution in [-0.4, -0.2) is 22.4 Å². The Morgan fingerprint density at radius 2 is 2.44 bits per heavy atom. The van der Waals surface area contributed by atoms with Gasteiger partial charge in [0.2, 0.25) is 11.2 Å². The van der Waals surface area contributed by atoms with Crippen LogP contribution in [0.4, 0.5) is 5.82 Å². The zero-order chi connectivity index (χ0) is 11.7. The molecule has 1 aliphatic rings. The minimum Gasteiger partial charge on any atom is -0.295 e. The average Bonchev–Trinajstić information content (AvgIpc) is 2.63. The van der Waals surface area contributed by atoms with Gasteiger partial charge in [0.25, 0.3) is 0 Å². The molecular formula is C10H9ClIN3O. The van der Waals surface area contributed by atoms with Gasteiger partial charge >= 0.3 is 0 Å². The molecule has 4 nitrogen and oxygen atoms in total. The fraction of sp³-hybridized carbons (Fsp3) is 0.300. The number of carbonyl (C=O) groups excluding carboxylic acids is 1. The molecule has 2 rings (SSSR count). The van der Waals surface area contributed by atoms with Crippen molar-refractivity contribution in [2.75, 3.05) is 11.4 Å². The molecule has 0 aromatic carbocycles. The van der Waals surface area contributed by atoms with Gasteiger partial charge in [-0.25, -0.2) is 4.98 Å². The Hall–Kier alpha value is -0.690. The van der Waals surface area contributed by atoms with E-state index in [9.17, 15) is 4.79 Å². The highest BCUT2D eigenvalue weighted by molar-refractivity contribution is 14.1. The smallest absolute Gasteiger partial charge is 0.228 e. The maximum atomic E-state index is 11.8. The highest BCUT2D eigenvalue weighted by Crippen LogP contribution is 2.28. The van der Waals surface area contributed by atoms with Crippen LogP contribution in [0.1, 0.15) is 6.42 Å². The van der Waals surface area contributed by atoms with Crippen LogP contribution in [0.15, 0.2) is 18.9 Å². The molecule has 1 unspecified atom stereocenters. The maximum absolute atomic E-state index is 11.8. The summed E-state index contributed by atoms with van der Waals surface area (Å²) in [5.41, 5.74) is 0. The number of rotatable bonds is 2. The topological polar surface area (TPSA) is 46.1 Å². The molecule has 6 heteroatoms. The van der Waals surface area contributed by atoms with Gasteiger partial charge in [-0.3, -0.25) is 9.69 Å². The fourth-order valence-corrected chi connectivity index (χ4v) is 2.30. The Morgan fingerprint density at radius 3 is 3.06 bits per heavy atom. The molecule has 0 N–H and O–H groups in total. The first-order chi connectivity index (χ1) is 7.61. The van der Waals surface area contributed by atoms with Crippen molar-refractivity contribution in [1.29, 1.82) is 0 Å². The number of amides is 1. The molecule has 2 heterocycles. The summed E-state index contributed by atoms with van der Waals surface area (Å²) in [7, 11) is 0. The van der Waals surface area contributed by atoms with Crippen LogP contribution in [0.3, 0.4) is 0 Å². The van der Waals surface area contributed by atoms with Gasteiger partial charge in [0, 0.05) is 25.1 Å². The molecular weight excluding hydrogens is 340 g/mol. The molecule has 1 saturated heterocycles. The third-order valence-electron chi connectivity index (χ3n) is 2.44. The highest BCUT2D eigenvalue weighted by atomic mass is 127. The van der Waals surface area contributed by atoms with E-state index in [0.717, 1.165) is 3.57 Å². The number of aromatic nitrogens is 2. The molecule has 1 aromatic heterocycles. The Balaban J connectivity index is 2.34. The lowest BCUT2D eigenvalue weighted by Gasteiger charge is -2.16. The SMILES string of the molecule is C=CC1CC(=O)N(c2nc(Cl)ncc2I)C1. The van der Waals surface area contributed by atoms with Gasteiger partial charge in [0.1, 0.15) is 0 Å². The molecule has 1 amide bonds. The minimum atomic E-state index is 0.0533. The Bertz CT molecular complexity index is 452. The fourth-order valence-electron chi connectivity index (χ4n) is 1.62. The molecule has 0 aliphatic carbocycles. The molecule has 0 saturated carbocycles. The second kappa shape index (κ2) is 4.67. The van der Waals surface area contributed by atoms with Gasteiger partial charge in [0.05, 0.1) is 3.57 Å². The van der Waals surface area contributed by atoms with E-state index in [0.29, 0.717) is 18.8 Å². The quantitative estimate of drug-likeness (QED) is 0.467. The van der Waals surface area contributed by atoms with Crippen LogP contribution in [0, 0.1) is 9.49 Å². The minimum absolute atomic E-state index is 0.0533. The van der Waals surface area contributed by atoms with Crippen LogP contribution >= 0.6 is 34.2 Å². The summed E-state index contributed by atoms with van der Waals surface area (Å²) in [4.78, 5) is 21.4. The van der Waals surface area contributed by atoms with Gasteiger partial charge < -0.3 is 0 Å². The summed E-state index contributed by atoms with van der Waals surface area (Å²) >= 11 is 7.82. The number of hydrogen-bond acceptors (Lipinski definition) is 3. The van der Waals surface area contributed by atoms with Crippen molar-refractivity contribution >= 4 is 45.9 Å². The predicted octanol–water partition coefficient (Wildman–Crippen LogP) is 2.27. The molecule has 1 fully saturated rings. The predicted molar refractivity (Wildman–Crippen MR) is 70.4 cm³/mol. The summed E-state index contributed by atoms with van der Waals surface area (Å²) in [6.07, 6.45) is 3.90. The zero-order valence-corrected chi connectivity index (χ0v) is 11.3.